The second-order valence-electron chi connectivity index (χ2n) is 9.75. The van der Waals surface area contributed by atoms with Crippen LogP contribution in [-0.4, -0.2) is 35.4 Å². The Hall–Kier alpha value is -3.29. The van der Waals surface area contributed by atoms with Gasteiger partial charge in [0.2, 0.25) is 0 Å². The van der Waals surface area contributed by atoms with E-state index >= 15 is 0 Å². The summed E-state index contributed by atoms with van der Waals surface area (Å²) in [5.74, 6) is 0.505. The fourth-order valence-electron chi connectivity index (χ4n) is 4.19. The third kappa shape index (κ3) is 4.47. The van der Waals surface area contributed by atoms with Crippen molar-refractivity contribution in [3.63, 3.8) is 0 Å². The molecule has 0 saturated heterocycles. The van der Waals surface area contributed by atoms with Crippen molar-refractivity contribution in [2.75, 3.05) is 12.3 Å². The normalized spacial score (nSPS) is 13.1. The van der Waals surface area contributed by atoms with E-state index in [0.29, 0.717) is 12.5 Å². The van der Waals surface area contributed by atoms with E-state index in [0.717, 1.165) is 52.6 Å². The van der Waals surface area contributed by atoms with E-state index in [9.17, 15) is 0 Å². The molecule has 0 unspecified atom stereocenters. The average Bonchev–Trinajstić information content (AvgIpc) is 3.40. The van der Waals surface area contributed by atoms with Crippen LogP contribution >= 0.6 is 0 Å². The Balaban J connectivity index is 1.60. The molecule has 0 saturated carbocycles. The Morgan fingerprint density at radius 1 is 1.00 bits per heavy atom. The summed E-state index contributed by atoms with van der Waals surface area (Å²) in [6.07, 6.45) is 5.55. The van der Waals surface area contributed by atoms with Crippen LogP contribution in [0.5, 0.6) is 0 Å². The summed E-state index contributed by atoms with van der Waals surface area (Å²) < 4.78 is 8.37. The Labute approximate surface area is 195 Å². The van der Waals surface area contributed by atoms with Crippen LogP contribution < -0.4 is 5.73 Å². The van der Waals surface area contributed by atoms with Gasteiger partial charge >= 0.3 is 0 Å². The summed E-state index contributed by atoms with van der Waals surface area (Å²) in [6.45, 7) is 9.06. The average molecular weight is 456 g/mol. The molecule has 168 valence electrons. The van der Waals surface area contributed by atoms with Crippen molar-refractivity contribution >= 4 is 31.1 Å². The summed E-state index contributed by atoms with van der Waals surface area (Å²) in [5, 5.41) is 1.07. The predicted molar refractivity (Wildman–Crippen MR) is 138 cm³/mol. The number of nitrogens with zero attached hydrogens (tertiary/aromatic N) is 4. The maximum Gasteiger partial charge on any atom is 0.142 e. The number of benzene rings is 1. The summed E-state index contributed by atoms with van der Waals surface area (Å²) in [6, 6.07) is 15.8. The Morgan fingerprint density at radius 3 is 2.67 bits per heavy atom. The van der Waals surface area contributed by atoms with Crippen LogP contribution in [-0.2, 0) is 18.0 Å². The van der Waals surface area contributed by atoms with Crippen molar-refractivity contribution in [1.29, 1.82) is 0 Å². The molecule has 0 radical (unpaired) electrons. The van der Waals surface area contributed by atoms with Gasteiger partial charge in [-0.25, -0.2) is 9.97 Å². The van der Waals surface area contributed by atoms with E-state index in [1.54, 1.807) is 6.20 Å². The van der Waals surface area contributed by atoms with Crippen molar-refractivity contribution in [3.8, 4) is 22.4 Å². The number of aromatic nitrogens is 3. The number of pyridine rings is 2. The zero-order valence-corrected chi connectivity index (χ0v) is 20.4. The Bertz CT molecular complexity index is 1350. The number of anilines is 1. The number of nitrogens with two attached hydrogens (primary N) is 1. The maximum absolute atomic E-state index is 6.18. The topological polar surface area (TPSA) is 78.3 Å². The smallest absolute Gasteiger partial charge is 0.142 e. The van der Waals surface area contributed by atoms with E-state index in [1.807, 2.05) is 30.6 Å². The van der Waals surface area contributed by atoms with Crippen LogP contribution in [0.15, 0.2) is 59.9 Å². The summed E-state index contributed by atoms with van der Waals surface area (Å²) >= 11 is 0. The molecule has 3 aromatic heterocycles. The van der Waals surface area contributed by atoms with Gasteiger partial charge in [-0.15, -0.1) is 0 Å². The highest BCUT2D eigenvalue weighted by Crippen LogP contribution is 2.35. The van der Waals surface area contributed by atoms with Gasteiger partial charge in [0, 0.05) is 38.7 Å². The van der Waals surface area contributed by atoms with Gasteiger partial charge in [0.15, 0.2) is 0 Å². The second-order valence-corrected chi connectivity index (χ2v) is 15.4. The molecule has 1 aliphatic heterocycles. The van der Waals surface area contributed by atoms with Gasteiger partial charge in [-0.3, -0.25) is 4.99 Å². The fourth-order valence-corrected chi connectivity index (χ4v) is 4.95. The molecule has 2 N–H and O–H groups in total. The van der Waals surface area contributed by atoms with Gasteiger partial charge in [-0.2, -0.15) is 0 Å². The van der Waals surface area contributed by atoms with Gasteiger partial charge in [0.05, 0.1) is 12.2 Å². The van der Waals surface area contributed by atoms with Gasteiger partial charge in [-0.05, 0) is 64.2 Å². The first kappa shape index (κ1) is 21.5. The van der Waals surface area contributed by atoms with Gasteiger partial charge in [-0.1, -0.05) is 31.8 Å². The first-order chi connectivity index (χ1) is 15.9. The largest absolute Gasteiger partial charge is 0.384 e. The highest BCUT2D eigenvalue weighted by atomic mass is 28.3. The highest BCUT2D eigenvalue weighted by molar-refractivity contribution is 6.76. The number of ether oxygens (including phenoxy) is 1. The molecule has 0 spiro atoms. The molecule has 0 bridgehead atoms. The number of fused-ring (bicyclic) bond motifs is 2. The van der Waals surface area contributed by atoms with E-state index in [1.165, 1.54) is 11.1 Å². The minimum absolute atomic E-state index is 0.464. The molecule has 0 atom stereocenters. The molecular formula is C26H29N5OSi. The molecule has 33 heavy (non-hydrogen) atoms. The standard InChI is InChI=1S/C26H29N5OSi/c1-33(2,3)11-10-32-17-31-24(19-4-5-20-15-28-16-21(20)12-19)14-23-22(7-9-30-26(23)31)18-6-8-29-25(27)13-18/h4-9,12-15H,10-11,16-17H2,1-3H3,(H2,27,29). The number of nitrogen functional groups attached to an aromatic ring is 1. The molecule has 1 aliphatic rings. The van der Waals surface area contributed by atoms with Crippen LogP contribution in [0.2, 0.25) is 25.7 Å². The quantitative estimate of drug-likeness (QED) is 0.291. The lowest BCUT2D eigenvalue weighted by Crippen LogP contribution is -2.22. The number of hydrogen-bond donors (Lipinski definition) is 1. The molecule has 0 amide bonds. The number of rotatable bonds is 7. The maximum atomic E-state index is 6.18. The van der Waals surface area contributed by atoms with Crippen molar-refractivity contribution < 1.29 is 4.74 Å². The number of hydrogen-bond acceptors (Lipinski definition) is 5. The van der Waals surface area contributed by atoms with E-state index < -0.39 is 8.07 Å². The molecule has 6 nitrogen and oxygen atoms in total. The minimum Gasteiger partial charge on any atom is -0.384 e. The first-order valence-electron chi connectivity index (χ1n) is 11.3. The lowest BCUT2D eigenvalue weighted by atomic mass is 10.0. The molecule has 1 aromatic carbocycles. The third-order valence-electron chi connectivity index (χ3n) is 6.04. The summed E-state index contributed by atoms with van der Waals surface area (Å²) in [4.78, 5) is 13.3. The molecule has 7 heteroatoms. The van der Waals surface area contributed by atoms with Crippen molar-refractivity contribution in [3.05, 3.63) is 66.0 Å². The monoisotopic (exact) mass is 455 g/mol. The second kappa shape index (κ2) is 8.57. The van der Waals surface area contributed by atoms with Crippen molar-refractivity contribution in [2.45, 2.75) is 39.0 Å². The van der Waals surface area contributed by atoms with Gasteiger partial charge in [0.25, 0.3) is 0 Å². The molecule has 0 aliphatic carbocycles. The van der Waals surface area contributed by atoms with Crippen LogP contribution in [0, 0.1) is 0 Å². The molecule has 4 aromatic rings. The highest BCUT2D eigenvalue weighted by Gasteiger charge is 2.18. The van der Waals surface area contributed by atoms with Crippen LogP contribution in [0.3, 0.4) is 0 Å². The predicted octanol–water partition coefficient (Wildman–Crippen LogP) is 5.59. The van der Waals surface area contributed by atoms with Crippen LogP contribution in [0.25, 0.3) is 33.4 Å². The molecule has 0 fully saturated rings. The lowest BCUT2D eigenvalue weighted by Gasteiger charge is -2.17. The molecule has 4 heterocycles. The zero-order valence-electron chi connectivity index (χ0n) is 19.4. The van der Waals surface area contributed by atoms with Gasteiger partial charge < -0.3 is 15.0 Å². The first-order valence-corrected chi connectivity index (χ1v) is 15.0. The Morgan fingerprint density at radius 2 is 1.85 bits per heavy atom. The van der Waals surface area contributed by atoms with E-state index in [4.69, 9.17) is 15.5 Å². The van der Waals surface area contributed by atoms with Crippen molar-refractivity contribution in [2.24, 2.45) is 4.99 Å². The lowest BCUT2D eigenvalue weighted by molar-refractivity contribution is 0.0909. The summed E-state index contributed by atoms with van der Waals surface area (Å²) in [5.41, 5.74) is 13.7. The third-order valence-corrected chi connectivity index (χ3v) is 7.74. The SMILES string of the molecule is C[Si](C)(C)CCOCn1c(-c2ccc3c(c2)CN=C3)cc2c(-c3ccnc(N)c3)ccnc21. The van der Waals surface area contributed by atoms with Crippen molar-refractivity contribution in [1.82, 2.24) is 14.5 Å². The Kier molecular flexibility index (Phi) is 5.60. The molecule has 5 rings (SSSR count). The van der Waals surface area contributed by atoms with Gasteiger partial charge in [0.1, 0.15) is 18.2 Å². The summed E-state index contributed by atoms with van der Waals surface area (Å²) in [7, 11) is -1.16. The number of aliphatic imine (C=N–C) groups is 1. The van der Waals surface area contributed by atoms with Crippen LogP contribution in [0.1, 0.15) is 11.1 Å². The van der Waals surface area contributed by atoms with Crippen LogP contribution in [0.4, 0.5) is 5.82 Å². The fraction of sp³-hybridized carbons (Fsp3) is 0.269. The van der Waals surface area contributed by atoms with E-state index in [2.05, 4.69) is 58.4 Å². The zero-order chi connectivity index (χ0) is 23.0. The minimum atomic E-state index is -1.16. The van der Waals surface area contributed by atoms with E-state index in [-0.39, 0.29) is 0 Å². The molecular weight excluding hydrogens is 426 g/mol.